The van der Waals surface area contributed by atoms with E-state index in [2.05, 4.69) is 40.3 Å². The number of halogens is 1. The lowest BCUT2D eigenvalue weighted by Crippen LogP contribution is -2.37. The summed E-state index contributed by atoms with van der Waals surface area (Å²) >= 11 is 3.46. The smallest absolute Gasteiger partial charge is 0.0582 e. The minimum atomic E-state index is 0.159. The van der Waals surface area contributed by atoms with Gasteiger partial charge in [-0.1, -0.05) is 28.1 Å². The highest BCUT2D eigenvalue weighted by atomic mass is 79.9. The number of aliphatic hydroxyl groups excluding tert-OH is 1. The van der Waals surface area contributed by atoms with Crippen molar-refractivity contribution in [2.45, 2.75) is 32.4 Å². The zero-order valence-electron chi connectivity index (χ0n) is 9.20. The van der Waals surface area contributed by atoms with Crippen LogP contribution in [0.15, 0.2) is 28.7 Å². The summed E-state index contributed by atoms with van der Waals surface area (Å²) in [5.41, 5.74) is 1.30. The molecular weight excluding hydrogens is 254 g/mol. The number of rotatable bonds is 5. The monoisotopic (exact) mass is 271 g/mol. The van der Waals surface area contributed by atoms with Gasteiger partial charge in [0.05, 0.1) is 6.61 Å². The minimum Gasteiger partial charge on any atom is -0.395 e. The Morgan fingerprint density at radius 2 is 2.07 bits per heavy atom. The average molecular weight is 272 g/mol. The maximum atomic E-state index is 8.92. The van der Waals surface area contributed by atoms with Gasteiger partial charge in [-0.25, -0.2) is 0 Å². The van der Waals surface area contributed by atoms with E-state index in [9.17, 15) is 0 Å². The molecule has 1 aromatic rings. The highest BCUT2D eigenvalue weighted by Gasteiger charge is 2.07. The topological polar surface area (TPSA) is 32.3 Å². The Morgan fingerprint density at radius 3 is 2.67 bits per heavy atom. The second kappa shape index (κ2) is 6.26. The highest BCUT2D eigenvalue weighted by molar-refractivity contribution is 9.10. The van der Waals surface area contributed by atoms with Gasteiger partial charge in [0.15, 0.2) is 0 Å². The van der Waals surface area contributed by atoms with E-state index in [1.54, 1.807) is 0 Å². The molecule has 0 saturated carbocycles. The van der Waals surface area contributed by atoms with Crippen LogP contribution < -0.4 is 5.32 Å². The van der Waals surface area contributed by atoms with E-state index in [1.165, 1.54) is 5.56 Å². The molecule has 2 N–H and O–H groups in total. The normalized spacial score (nSPS) is 14.9. The fourth-order valence-electron chi connectivity index (χ4n) is 1.61. The van der Waals surface area contributed by atoms with Gasteiger partial charge in [0, 0.05) is 16.6 Å². The van der Waals surface area contributed by atoms with Gasteiger partial charge in [-0.3, -0.25) is 0 Å². The van der Waals surface area contributed by atoms with E-state index in [1.807, 2.05) is 19.1 Å². The van der Waals surface area contributed by atoms with Crippen molar-refractivity contribution >= 4 is 15.9 Å². The van der Waals surface area contributed by atoms with Gasteiger partial charge in [-0.15, -0.1) is 0 Å². The Bertz CT molecular complexity index is 303. The molecule has 0 aromatic heterocycles. The van der Waals surface area contributed by atoms with Crippen LogP contribution in [-0.2, 0) is 6.42 Å². The molecule has 2 unspecified atom stereocenters. The summed E-state index contributed by atoms with van der Waals surface area (Å²) in [7, 11) is 0. The average Bonchev–Trinajstić information content (AvgIpc) is 2.17. The molecule has 2 atom stereocenters. The fraction of sp³-hybridized carbons (Fsp3) is 0.500. The number of nitrogens with one attached hydrogen (secondary N) is 1. The summed E-state index contributed by atoms with van der Waals surface area (Å²) < 4.78 is 1.11. The first kappa shape index (κ1) is 12.7. The molecule has 0 amide bonds. The number of hydrogen-bond acceptors (Lipinski definition) is 2. The fourth-order valence-corrected chi connectivity index (χ4v) is 2.06. The summed E-state index contributed by atoms with van der Waals surface area (Å²) in [5, 5.41) is 12.3. The Morgan fingerprint density at radius 1 is 1.33 bits per heavy atom. The molecule has 0 saturated heterocycles. The van der Waals surface area contributed by atoms with Gasteiger partial charge < -0.3 is 10.4 Å². The molecule has 0 bridgehead atoms. The summed E-state index contributed by atoms with van der Waals surface area (Å²) in [6.07, 6.45) is 0.976. The SMILES string of the molecule is CC(CO)NC(C)Cc1cccc(Br)c1. The lowest BCUT2D eigenvalue weighted by atomic mass is 10.1. The Hall–Kier alpha value is -0.380. The van der Waals surface area contributed by atoms with Crippen molar-refractivity contribution in [1.29, 1.82) is 0 Å². The number of aliphatic hydroxyl groups is 1. The van der Waals surface area contributed by atoms with Crippen molar-refractivity contribution in [2.24, 2.45) is 0 Å². The van der Waals surface area contributed by atoms with E-state index in [4.69, 9.17) is 5.11 Å². The van der Waals surface area contributed by atoms with Gasteiger partial charge in [0.2, 0.25) is 0 Å². The zero-order chi connectivity index (χ0) is 11.3. The molecule has 1 aromatic carbocycles. The maximum absolute atomic E-state index is 8.92. The van der Waals surface area contributed by atoms with Crippen LogP contribution in [0.25, 0.3) is 0 Å². The molecule has 0 aliphatic heterocycles. The first-order chi connectivity index (χ1) is 7.11. The third-order valence-electron chi connectivity index (χ3n) is 2.27. The predicted octanol–water partition coefficient (Wildman–Crippen LogP) is 2.35. The van der Waals surface area contributed by atoms with E-state index < -0.39 is 0 Å². The van der Waals surface area contributed by atoms with E-state index in [0.717, 1.165) is 10.9 Å². The summed E-state index contributed by atoms with van der Waals surface area (Å²) in [4.78, 5) is 0. The molecule has 1 rings (SSSR count). The summed E-state index contributed by atoms with van der Waals surface area (Å²) in [5.74, 6) is 0. The molecular formula is C12H18BrNO. The van der Waals surface area contributed by atoms with Crippen LogP contribution in [0.2, 0.25) is 0 Å². The van der Waals surface area contributed by atoms with Gasteiger partial charge in [0.1, 0.15) is 0 Å². The Balaban J connectivity index is 2.47. The lowest BCUT2D eigenvalue weighted by molar-refractivity contribution is 0.242. The summed E-state index contributed by atoms with van der Waals surface area (Å²) in [6, 6.07) is 8.85. The largest absolute Gasteiger partial charge is 0.395 e. The van der Waals surface area contributed by atoms with Gasteiger partial charge in [-0.05, 0) is 38.0 Å². The van der Waals surface area contributed by atoms with Crippen molar-refractivity contribution in [1.82, 2.24) is 5.32 Å². The highest BCUT2D eigenvalue weighted by Crippen LogP contribution is 2.13. The van der Waals surface area contributed by atoms with Crippen LogP contribution in [0.3, 0.4) is 0 Å². The number of benzene rings is 1. The predicted molar refractivity (Wildman–Crippen MR) is 67.0 cm³/mol. The maximum Gasteiger partial charge on any atom is 0.0582 e. The number of hydrogen-bond donors (Lipinski definition) is 2. The van der Waals surface area contributed by atoms with E-state index in [-0.39, 0.29) is 12.6 Å². The van der Waals surface area contributed by atoms with Gasteiger partial charge >= 0.3 is 0 Å². The van der Waals surface area contributed by atoms with E-state index in [0.29, 0.717) is 6.04 Å². The molecule has 84 valence electrons. The molecule has 2 nitrogen and oxygen atoms in total. The van der Waals surface area contributed by atoms with Crippen LogP contribution in [0.4, 0.5) is 0 Å². The molecule has 0 fully saturated rings. The standard InChI is InChI=1S/C12H18BrNO/c1-9(14-10(2)8-15)6-11-4-3-5-12(13)7-11/h3-5,7,9-10,14-15H,6,8H2,1-2H3. The third kappa shape index (κ3) is 4.78. The minimum absolute atomic E-state index is 0.159. The molecule has 0 radical (unpaired) electrons. The van der Waals surface area contributed by atoms with Crippen molar-refractivity contribution in [3.8, 4) is 0 Å². The first-order valence-corrected chi connectivity index (χ1v) is 6.02. The van der Waals surface area contributed by atoms with Crippen molar-refractivity contribution in [2.75, 3.05) is 6.61 Å². The Kier molecular flexibility index (Phi) is 5.29. The molecule has 15 heavy (non-hydrogen) atoms. The van der Waals surface area contributed by atoms with Crippen LogP contribution in [0, 0.1) is 0 Å². The van der Waals surface area contributed by atoms with Crippen LogP contribution in [0.1, 0.15) is 19.4 Å². The van der Waals surface area contributed by atoms with Crippen molar-refractivity contribution < 1.29 is 5.11 Å². The summed E-state index contributed by atoms with van der Waals surface area (Å²) in [6.45, 7) is 4.30. The van der Waals surface area contributed by atoms with Crippen molar-refractivity contribution in [3.63, 3.8) is 0 Å². The van der Waals surface area contributed by atoms with Gasteiger partial charge in [-0.2, -0.15) is 0 Å². The van der Waals surface area contributed by atoms with Crippen LogP contribution >= 0.6 is 15.9 Å². The molecule has 3 heteroatoms. The van der Waals surface area contributed by atoms with Crippen LogP contribution in [0.5, 0.6) is 0 Å². The zero-order valence-corrected chi connectivity index (χ0v) is 10.8. The molecule has 0 heterocycles. The molecule has 0 spiro atoms. The molecule has 0 aliphatic rings. The molecule has 0 aliphatic carbocycles. The van der Waals surface area contributed by atoms with Gasteiger partial charge in [0.25, 0.3) is 0 Å². The van der Waals surface area contributed by atoms with Crippen LogP contribution in [-0.4, -0.2) is 23.8 Å². The van der Waals surface area contributed by atoms with Crippen molar-refractivity contribution in [3.05, 3.63) is 34.3 Å². The first-order valence-electron chi connectivity index (χ1n) is 5.23. The Labute approximate surface area is 99.8 Å². The quantitative estimate of drug-likeness (QED) is 0.862. The van der Waals surface area contributed by atoms with E-state index >= 15 is 0 Å². The second-order valence-corrected chi connectivity index (χ2v) is 4.90. The lowest BCUT2D eigenvalue weighted by Gasteiger charge is -2.18. The second-order valence-electron chi connectivity index (χ2n) is 3.99. The third-order valence-corrected chi connectivity index (χ3v) is 2.77.